The van der Waals surface area contributed by atoms with Crippen molar-refractivity contribution in [3.63, 3.8) is 0 Å². The number of ether oxygens (including phenoxy) is 2. The molecule has 6 nitrogen and oxygen atoms in total. The molecule has 0 spiro atoms. The van der Waals surface area contributed by atoms with Gasteiger partial charge < -0.3 is 20.1 Å². The highest BCUT2D eigenvalue weighted by molar-refractivity contribution is 6.29. The highest BCUT2D eigenvalue weighted by Gasteiger charge is 2.05. The summed E-state index contributed by atoms with van der Waals surface area (Å²) in [7, 11) is 3.28. The lowest BCUT2D eigenvalue weighted by Crippen LogP contribution is -2.38. The predicted molar refractivity (Wildman–Crippen MR) is 105 cm³/mol. The standard InChI is InChI=1S/C19H25ClN4O2/c1-4-21-19(22-10-9-14-5-8-18(20)23-12-14)24-13-15-6-7-16(25-2)11-17(15)26-3/h5-8,11-12H,4,9-10,13H2,1-3H3,(H2,21,22,24). The second kappa shape index (κ2) is 10.5. The number of guanidine groups is 1. The molecule has 0 saturated heterocycles. The van der Waals surface area contributed by atoms with E-state index in [1.54, 1.807) is 26.5 Å². The zero-order valence-corrected chi connectivity index (χ0v) is 16.1. The Morgan fingerprint density at radius 1 is 1.15 bits per heavy atom. The normalized spacial score (nSPS) is 11.2. The Labute approximate surface area is 159 Å². The Morgan fingerprint density at radius 2 is 2.00 bits per heavy atom. The van der Waals surface area contributed by atoms with Crippen LogP contribution in [0.4, 0.5) is 0 Å². The number of nitrogens with zero attached hydrogens (tertiary/aromatic N) is 2. The number of pyridine rings is 1. The van der Waals surface area contributed by atoms with E-state index in [4.69, 9.17) is 21.1 Å². The van der Waals surface area contributed by atoms with Gasteiger partial charge in [0, 0.05) is 30.9 Å². The molecule has 0 aliphatic heterocycles. The first-order valence-corrected chi connectivity index (χ1v) is 8.87. The molecular formula is C19H25ClN4O2. The Bertz CT molecular complexity index is 720. The largest absolute Gasteiger partial charge is 0.497 e. The first-order valence-electron chi connectivity index (χ1n) is 8.49. The lowest BCUT2D eigenvalue weighted by atomic mass is 10.2. The fourth-order valence-corrected chi connectivity index (χ4v) is 2.48. The molecule has 2 aromatic rings. The number of benzene rings is 1. The molecule has 7 heteroatoms. The van der Waals surface area contributed by atoms with Crippen LogP contribution in [0.3, 0.4) is 0 Å². The molecule has 2 N–H and O–H groups in total. The molecule has 0 radical (unpaired) electrons. The number of hydrogen-bond acceptors (Lipinski definition) is 4. The molecular weight excluding hydrogens is 352 g/mol. The van der Waals surface area contributed by atoms with Crippen molar-refractivity contribution in [1.82, 2.24) is 15.6 Å². The summed E-state index contributed by atoms with van der Waals surface area (Å²) in [5.74, 6) is 2.28. The molecule has 1 aromatic heterocycles. The van der Waals surface area contributed by atoms with Crippen molar-refractivity contribution in [3.05, 3.63) is 52.8 Å². The second-order valence-corrected chi connectivity index (χ2v) is 5.93. The molecule has 0 fully saturated rings. The van der Waals surface area contributed by atoms with Crippen molar-refractivity contribution in [2.45, 2.75) is 19.9 Å². The lowest BCUT2D eigenvalue weighted by Gasteiger charge is -2.13. The summed E-state index contributed by atoms with van der Waals surface area (Å²) in [5, 5.41) is 7.08. The molecule has 2 rings (SSSR count). The summed E-state index contributed by atoms with van der Waals surface area (Å²) in [6, 6.07) is 9.50. The summed E-state index contributed by atoms with van der Waals surface area (Å²) in [5.41, 5.74) is 2.11. The van der Waals surface area contributed by atoms with Gasteiger partial charge in [0.25, 0.3) is 0 Å². The van der Waals surface area contributed by atoms with Crippen LogP contribution >= 0.6 is 11.6 Å². The molecule has 0 saturated carbocycles. The highest BCUT2D eigenvalue weighted by Crippen LogP contribution is 2.25. The van der Waals surface area contributed by atoms with Crippen LogP contribution in [-0.2, 0) is 13.0 Å². The zero-order valence-electron chi connectivity index (χ0n) is 15.4. The van der Waals surface area contributed by atoms with Gasteiger partial charge in [-0.3, -0.25) is 0 Å². The minimum Gasteiger partial charge on any atom is -0.497 e. The number of rotatable bonds is 8. The topological polar surface area (TPSA) is 67.8 Å². The second-order valence-electron chi connectivity index (χ2n) is 5.54. The van der Waals surface area contributed by atoms with Crippen LogP contribution in [0.2, 0.25) is 5.15 Å². The third kappa shape index (κ3) is 6.11. The molecule has 0 bridgehead atoms. The Balaban J connectivity index is 1.96. The summed E-state index contributed by atoms with van der Waals surface area (Å²) >= 11 is 5.81. The minimum absolute atomic E-state index is 0.505. The average Bonchev–Trinajstić information content (AvgIpc) is 2.67. The van der Waals surface area contributed by atoms with Gasteiger partial charge in [0.2, 0.25) is 0 Å². The fraction of sp³-hybridized carbons (Fsp3) is 0.368. The minimum atomic E-state index is 0.505. The van der Waals surface area contributed by atoms with Gasteiger partial charge in [-0.15, -0.1) is 0 Å². The maximum atomic E-state index is 5.81. The maximum absolute atomic E-state index is 5.81. The third-order valence-corrected chi connectivity index (χ3v) is 3.96. The van der Waals surface area contributed by atoms with Gasteiger partial charge in [-0.2, -0.15) is 0 Å². The Hall–Kier alpha value is -2.47. The molecule has 0 atom stereocenters. The van der Waals surface area contributed by atoms with E-state index in [0.29, 0.717) is 11.7 Å². The van der Waals surface area contributed by atoms with Gasteiger partial charge in [-0.1, -0.05) is 17.7 Å². The SMILES string of the molecule is CCNC(=NCc1ccc(OC)cc1OC)NCCc1ccc(Cl)nc1. The van der Waals surface area contributed by atoms with Gasteiger partial charge in [0.1, 0.15) is 16.7 Å². The van der Waals surface area contributed by atoms with Crippen molar-refractivity contribution in [3.8, 4) is 11.5 Å². The van der Waals surface area contributed by atoms with Crippen molar-refractivity contribution in [1.29, 1.82) is 0 Å². The van der Waals surface area contributed by atoms with E-state index in [-0.39, 0.29) is 0 Å². The molecule has 26 heavy (non-hydrogen) atoms. The summed E-state index contributed by atoms with van der Waals surface area (Å²) in [6.07, 6.45) is 2.62. The van der Waals surface area contributed by atoms with Crippen LogP contribution in [0.25, 0.3) is 0 Å². The lowest BCUT2D eigenvalue weighted by molar-refractivity contribution is 0.391. The summed E-state index contributed by atoms with van der Waals surface area (Å²) in [6.45, 7) is 4.07. The first kappa shape index (κ1) is 19.8. The van der Waals surface area contributed by atoms with Gasteiger partial charge in [-0.05, 0) is 37.1 Å². The molecule has 0 amide bonds. The van der Waals surface area contributed by atoms with E-state index >= 15 is 0 Å². The van der Waals surface area contributed by atoms with Crippen LogP contribution in [-0.4, -0.2) is 38.3 Å². The number of nitrogens with one attached hydrogen (secondary N) is 2. The van der Waals surface area contributed by atoms with E-state index in [2.05, 4.69) is 20.6 Å². The monoisotopic (exact) mass is 376 g/mol. The fourth-order valence-electron chi connectivity index (χ4n) is 2.37. The smallest absolute Gasteiger partial charge is 0.191 e. The van der Waals surface area contributed by atoms with E-state index in [0.717, 1.165) is 48.1 Å². The predicted octanol–water partition coefficient (Wildman–Crippen LogP) is 3.05. The van der Waals surface area contributed by atoms with Crippen LogP contribution < -0.4 is 20.1 Å². The molecule has 0 unspecified atom stereocenters. The maximum Gasteiger partial charge on any atom is 0.191 e. The highest BCUT2D eigenvalue weighted by atomic mass is 35.5. The number of methoxy groups -OCH3 is 2. The average molecular weight is 377 g/mol. The number of aromatic nitrogens is 1. The molecule has 140 valence electrons. The van der Waals surface area contributed by atoms with Crippen molar-refractivity contribution in [2.24, 2.45) is 4.99 Å². The molecule has 0 aliphatic rings. The summed E-state index contributed by atoms with van der Waals surface area (Å²) in [4.78, 5) is 8.72. The Kier molecular flexibility index (Phi) is 8.02. The molecule has 1 heterocycles. The van der Waals surface area contributed by atoms with Gasteiger partial charge >= 0.3 is 0 Å². The summed E-state index contributed by atoms with van der Waals surface area (Å²) < 4.78 is 10.6. The van der Waals surface area contributed by atoms with Crippen molar-refractivity contribution >= 4 is 17.6 Å². The van der Waals surface area contributed by atoms with E-state index < -0.39 is 0 Å². The van der Waals surface area contributed by atoms with Crippen LogP contribution in [0.5, 0.6) is 11.5 Å². The van der Waals surface area contributed by atoms with Crippen LogP contribution in [0.1, 0.15) is 18.1 Å². The quantitative estimate of drug-likeness (QED) is 0.421. The first-order chi connectivity index (χ1) is 12.7. The van der Waals surface area contributed by atoms with Crippen LogP contribution in [0, 0.1) is 0 Å². The van der Waals surface area contributed by atoms with E-state index in [9.17, 15) is 0 Å². The van der Waals surface area contributed by atoms with Gasteiger partial charge in [-0.25, -0.2) is 9.98 Å². The van der Waals surface area contributed by atoms with Crippen molar-refractivity contribution in [2.75, 3.05) is 27.3 Å². The Morgan fingerprint density at radius 3 is 2.65 bits per heavy atom. The van der Waals surface area contributed by atoms with Crippen molar-refractivity contribution < 1.29 is 9.47 Å². The van der Waals surface area contributed by atoms with Gasteiger partial charge in [0.05, 0.1) is 20.8 Å². The zero-order chi connectivity index (χ0) is 18.8. The number of hydrogen-bond donors (Lipinski definition) is 2. The van der Waals surface area contributed by atoms with E-state index in [1.807, 2.05) is 31.2 Å². The third-order valence-electron chi connectivity index (χ3n) is 3.74. The van der Waals surface area contributed by atoms with E-state index in [1.165, 1.54) is 0 Å². The molecule has 1 aromatic carbocycles. The number of halogens is 1. The van der Waals surface area contributed by atoms with Gasteiger partial charge in [0.15, 0.2) is 5.96 Å². The molecule has 0 aliphatic carbocycles. The van der Waals surface area contributed by atoms with Crippen LogP contribution in [0.15, 0.2) is 41.5 Å². The number of aliphatic imine (C=N–C) groups is 1.